The summed E-state index contributed by atoms with van der Waals surface area (Å²) in [6.07, 6.45) is 19.9. The van der Waals surface area contributed by atoms with Crippen molar-refractivity contribution in [3.8, 4) is 0 Å². The van der Waals surface area contributed by atoms with Gasteiger partial charge < -0.3 is 5.32 Å². The third-order valence-electron chi connectivity index (χ3n) is 5.75. The van der Waals surface area contributed by atoms with Crippen LogP contribution in [0.4, 0.5) is 4.39 Å². The number of hydrogen-bond acceptors (Lipinski definition) is 3. The van der Waals surface area contributed by atoms with E-state index in [1.807, 2.05) is 30.1 Å². The van der Waals surface area contributed by atoms with E-state index in [0.717, 1.165) is 31.6 Å². The van der Waals surface area contributed by atoms with Crippen LogP contribution in [0.2, 0.25) is 0 Å². The Hall–Kier alpha value is -1.29. The summed E-state index contributed by atoms with van der Waals surface area (Å²) in [5, 5.41) is 3.22. The minimum absolute atomic E-state index is 0.144. The van der Waals surface area contributed by atoms with Crippen LogP contribution in [-0.2, 0) is 11.2 Å². The number of aryl methyl sites for hydroxylation is 1. The van der Waals surface area contributed by atoms with Gasteiger partial charge in [0.1, 0.15) is 11.6 Å². The molecule has 2 nitrogen and oxygen atoms in total. The van der Waals surface area contributed by atoms with Gasteiger partial charge in [-0.05, 0) is 37.0 Å². The lowest BCUT2D eigenvalue weighted by Crippen LogP contribution is -2.15. The lowest BCUT2D eigenvalue weighted by Gasteiger charge is -2.12. The Morgan fingerprint density at radius 3 is 1.97 bits per heavy atom. The van der Waals surface area contributed by atoms with E-state index in [2.05, 4.69) is 5.32 Å². The maximum Gasteiger partial charge on any atom is 0.137 e. The summed E-state index contributed by atoms with van der Waals surface area (Å²) in [6.45, 7) is 1.02. The van der Waals surface area contributed by atoms with Crippen LogP contribution in [0.25, 0.3) is 0 Å². The maximum absolute atomic E-state index is 12.9. The largest absolute Gasteiger partial charge is 0.389 e. The molecule has 0 unspecified atom stereocenters. The zero-order chi connectivity index (χ0) is 21.3. The Labute approximate surface area is 187 Å². The van der Waals surface area contributed by atoms with E-state index in [4.69, 9.17) is 0 Å². The van der Waals surface area contributed by atoms with Gasteiger partial charge in [0.05, 0.1) is 0 Å². The van der Waals surface area contributed by atoms with Crippen LogP contribution in [0.1, 0.15) is 95.5 Å². The molecule has 0 radical (unpaired) electrons. The Morgan fingerprint density at radius 2 is 1.40 bits per heavy atom. The van der Waals surface area contributed by atoms with Gasteiger partial charge in [-0.1, -0.05) is 76.3 Å². The molecule has 1 heterocycles. The highest BCUT2D eigenvalue weighted by atomic mass is 32.2. The zero-order valence-corrected chi connectivity index (χ0v) is 19.4. The first kappa shape index (κ1) is 25.0. The molecular weight excluding hydrogens is 393 g/mol. The van der Waals surface area contributed by atoms with Crippen LogP contribution in [0, 0.1) is 5.82 Å². The van der Waals surface area contributed by atoms with Crippen LogP contribution in [0.5, 0.6) is 0 Å². The first-order valence-corrected chi connectivity index (χ1v) is 13.0. The molecular formula is C26H40FNOS. The first-order chi connectivity index (χ1) is 14.7. The van der Waals surface area contributed by atoms with Crippen LogP contribution < -0.4 is 5.32 Å². The highest BCUT2D eigenvalue weighted by Crippen LogP contribution is 2.22. The standard InChI is InChI=1S/C26H40FNOS/c27-24-17-15-23(16-18-24)13-11-9-7-5-3-1-2-4-6-8-10-12-14-25(29)21-26-22-28-19-20-30-26/h15-18,22,28H,1-14,19-21H2. The van der Waals surface area contributed by atoms with Crippen molar-refractivity contribution in [3.63, 3.8) is 0 Å². The second-order valence-corrected chi connectivity index (χ2v) is 9.72. The van der Waals surface area contributed by atoms with Crippen molar-refractivity contribution in [2.75, 3.05) is 12.3 Å². The lowest BCUT2D eigenvalue weighted by atomic mass is 10.0. The van der Waals surface area contributed by atoms with Crippen molar-refractivity contribution in [2.24, 2.45) is 0 Å². The Kier molecular flexibility index (Phi) is 13.7. The van der Waals surface area contributed by atoms with Gasteiger partial charge in [-0.2, -0.15) is 0 Å². The predicted octanol–water partition coefficient (Wildman–Crippen LogP) is 7.58. The smallest absolute Gasteiger partial charge is 0.137 e. The molecule has 4 heteroatoms. The molecule has 1 N–H and O–H groups in total. The summed E-state index contributed by atoms with van der Waals surface area (Å²) in [5.74, 6) is 1.33. The van der Waals surface area contributed by atoms with E-state index < -0.39 is 0 Å². The normalized spacial score (nSPS) is 13.7. The average Bonchev–Trinajstić information content (AvgIpc) is 2.76. The molecule has 0 amide bonds. The SMILES string of the molecule is O=C(CCCCCCCCCCCCCCc1ccc(F)cc1)CC1=CNCCS1. The van der Waals surface area contributed by atoms with Gasteiger partial charge in [0.25, 0.3) is 0 Å². The number of rotatable bonds is 17. The molecule has 0 bridgehead atoms. The first-order valence-electron chi connectivity index (χ1n) is 12.1. The molecule has 0 spiro atoms. The molecule has 2 rings (SSSR count). The van der Waals surface area contributed by atoms with Gasteiger partial charge in [-0.15, -0.1) is 11.8 Å². The summed E-state index contributed by atoms with van der Waals surface area (Å²) < 4.78 is 12.9. The van der Waals surface area contributed by atoms with Gasteiger partial charge in [0.15, 0.2) is 0 Å². The Bertz CT molecular complexity index is 614. The zero-order valence-electron chi connectivity index (χ0n) is 18.6. The second-order valence-electron chi connectivity index (χ2n) is 8.50. The third kappa shape index (κ3) is 12.4. The number of allylic oxidation sites excluding steroid dienone is 1. The van der Waals surface area contributed by atoms with Gasteiger partial charge in [0, 0.05) is 36.2 Å². The van der Waals surface area contributed by atoms with Crippen molar-refractivity contribution in [2.45, 2.75) is 96.3 Å². The molecule has 0 aromatic heterocycles. The topological polar surface area (TPSA) is 29.1 Å². The van der Waals surface area contributed by atoms with Crippen molar-refractivity contribution < 1.29 is 9.18 Å². The van der Waals surface area contributed by atoms with Crippen LogP contribution >= 0.6 is 11.8 Å². The minimum Gasteiger partial charge on any atom is -0.389 e. The molecule has 1 aliphatic rings. The quantitative estimate of drug-likeness (QED) is 0.257. The summed E-state index contributed by atoms with van der Waals surface area (Å²) in [5.41, 5.74) is 1.25. The number of carbonyl (C=O) groups is 1. The van der Waals surface area contributed by atoms with Gasteiger partial charge in [-0.3, -0.25) is 4.79 Å². The van der Waals surface area contributed by atoms with Crippen molar-refractivity contribution in [1.29, 1.82) is 0 Å². The average molecular weight is 434 g/mol. The third-order valence-corrected chi connectivity index (χ3v) is 6.79. The Morgan fingerprint density at radius 1 is 0.833 bits per heavy atom. The number of Topliss-reactive ketones (excluding diaryl/α,β-unsaturated/α-hetero) is 1. The molecule has 30 heavy (non-hydrogen) atoms. The molecule has 1 aromatic carbocycles. The van der Waals surface area contributed by atoms with Crippen molar-refractivity contribution in [1.82, 2.24) is 5.32 Å². The fraction of sp³-hybridized carbons (Fsp3) is 0.654. The lowest BCUT2D eigenvalue weighted by molar-refractivity contribution is -0.118. The molecule has 0 atom stereocenters. The highest BCUT2D eigenvalue weighted by Gasteiger charge is 2.09. The van der Waals surface area contributed by atoms with Crippen LogP contribution in [-0.4, -0.2) is 18.1 Å². The summed E-state index contributed by atoms with van der Waals surface area (Å²) in [7, 11) is 0. The number of unbranched alkanes of at least 4 members (excludes halogenated alkanes) is 11. The van der Waals surface area contributed by atoms with E-state index in [1.54, 1.807) is 12.1 Å². The van der Waals surface area contributed by atoms with Crippen LogP contribution in [0.15, 0.2) is 35.4 Å². The molecule has 1 aromatic rings. The van der Waals surface area contributed by atoms with E-state index >= 15 is 0 Å². The van der Waals surface area contributed by atoms with Gasteiger partial charge >= 0.3 is 0 Å². The molecule has 1 aliphatic heterocycles. The number of thioether (sulfide) groups is 1. The minimum atomic E-state index is -0.144. The molecule has 0 aliphatic carbocycles. The number of nitrogens with one attached hydrogen (secondary N) is 1. The maximum atomic E-state index is 12.9. The molecule has 0 saturated heterocycles. The number of benzene rings is 1. The number of hydrogen-bond donors (Lipinski definition) is 1. The number of halogens is 1. The van der Waals surface area contributed by atoms with Gasteiger partial charge in [-0.25, -0.2) is 4.39 Å². The van der Waals surface area contributed by atoms with Gasteiger partial charge in [0.2, 0.25) is 0 Å². The molecule has 168 valence electrons. The predicted molar refractivity (Wildman–Crippen MR) is 128 cm³/mol. The summed E-state index contributed by atoms with van der Waals surface area (Å²) in [6, 6.07) is 6.92. The second kappa shape index (κ2) is 16.4. The van der Waals surface area contributed by atoms with Crippen molar-refractivity contribution >= 4 is 17.5 Å². The summed E-state index contributed by atoms with van der Waals surface area (Å²) in [4.78, 5) is 13.2. The fourth-order valence-corrected chi connectivity index (χ4v) is 4.84. The van der Waals surface area contributed by atoms with Crippen molar-refractivity contribution in [3.05, 3.63) is 46.8 Å². The summed E-state index contributed by atoms with van der Waals surface area (Å²) >= 11 is 1.82. The van der Waals surface area contributed by atoms with E-state index in [-0.39, 0.29) is 5.82 Å². The number of carbonyl (C=O) groups excluding carboxylic acids is 1. The monoisotopic (exact) mass is 433 g/mol. The molecule has 0 fully saturated rings. The van der Waals surface area contributed by atoms with E-state index in [0.29, 0.717) is 12.2 Å². The number of ketones is 1. The molecule has 0 saturated carbocycles. The highest BCUT2D eigenvalue weighted by molar-refractivity contribution is 8.03. The Balaban J connectivity index is 1.29. The van der Waals surface area contributed by atoms with Crippen LogP contribution in [0.3, 0.4) is 0 Å². The van der Waals surface area contributed by atoms with E-state index in [9.17, 15) is 9.18 Å². The fourth-order valence-electron chi connectivity index (χ4n) is 3.92. The van der Waals surface area contributed by atoms with E-state index in [1.165, 1.54) is 81.1 Å².